The molecular formula is C24H36O5. The number of rotatable bonds is 6. The van der Waals surface area contributed by atoms with Gasteiger partial charge in [-0.3, -0.25) is 14.4 Å². The van der Waals surface area contributed by atoms with E-state index in [0.29, 0.717) is 24.5 Å². The van der Waals surface area contributed by atoms with Crippen LogP contribution in [0.15, 0.2) is 0 Å². The van der Waals surface area contributed by atoms with Gasteiger partial charge >= 0.3 is 11.9 Å². The van der Waals surface area contributed by atoms with Gasteiger partial charge in [-0.1, -0.05) is 33.6 Å². The van der Waals surface area contributed by atoms with Crippen molar-refractivity contribution in [3.63, 3.8) is 0 Å². The lowest BCUT2D eigenvalue weighted by Crippen LogP contribution is -2.60. The van der Waals surface area contributed by atoms with Crippen LogP contribution < -0.4 is 0 Å². The molecule has 0 bridgehead atoms. The van der Waals surface area contributed by atoms with Crippen LogP contribution in [0.4, 0.5) is 0 Å². The second-order valence-corrected chi connectivity index (χ2v) is 10.8. The molecule has 0 aromatic heterocycles. The molecule has 0 amide bonds. The number of carboxylic acids is 1. The van der Waals surface area contributed by atoms with Crippen molar-refractivity contribution in [2.45, 2.75) is 97.0 Å². The van der Waals surface area contributed by atoms with Crippen molar-refractivity contribution >= 4 is 17.7 Å². The van der Waals surface area contributed by atoms with Gasteiger partial charge in [0.2, 0.25) is 0 Å². The summed E-state index contributed by atoms with van der Waals surface area (Å²) in [5.41, 5.74) is -1.27. The highest BCUT2D eigenvalue weighted by Crippen LogP contribution is 2.68. The fourth-order valence-electron chi connectivity index (χ4n) is 8.11. The van der Waals surface area contributed by atoms with E-state index in [4.69, 9.17) is 4.74 Å². The summed E-state index contributed by atoms with van der Waals surface area (Å²) >= 11 is 0. The first-order chi connectivity index (χ1) is 13.7. The van der Waals surface area contributed by atoms with Gasteiger partial charge in [0.1, 0.15) is 11.4 Å². The molecule has 3 aliphatic carbocycles. The van der Waals surface area contributed by atoms with Crippen molar-refractivity contribution in [3.05, 3.63) is 0 Å². The third-order valence-electron chi connectivity index (χ3n) is 9.43. The summed E-state index contributed by atoms with van der Waals surface area (Å²) in [6.45, 7) is 6.41. The van der Waals surface area contributed by atoms with Crippen molar-refractivity contribution in [1.29, 1.82) is 0 Å². The van der Waals surface area contributed by atoms with Crippen LogP contribution in [0.25, 0.3) is 0 Å². The molecule has 162 valence electrons. The maximum Gasteiger partial charge on any atom is 0.306 e. The van der Waals surface area contributed by atoms with E-state index in [9.17, 15) is 19.5 Å². The van der Waals surface area contributed by atoms with Gasteiger partial charge in [0.25, 0.3) is 0 Å². The minimum absolute atomic E-state index is 0.0295. The first kappa shape index (κ1) is 20.9. The molecule has 1 N–H and O–H groups in total. The molecule has 4 rings (SSSR count). The summed E-state index contributed by atoms with van der Waals surface area (Å²) in [4.78, 5) is 37.2. The van der Waals surface area contributed by atoms with Gasteiger partial charge < -0.3 is 9.84 Å². The smallest absolute Gasteiger partial charge is 0.306 e. The van der Waals surface area contributed by atoms with Crippen LogP contribution in [0.1, 0.15) is 91.4 Å². The summed E-state index contributed by atoms with van der Waals surface area (Å²) in [6, 6.07) is 0. The Hall–Kier alpha value is -1.39. The molecule has 0 unspecified atom stereocenters. The van der Waals surface area contributed by atoms with Crippen LogP contribution in [0.2, 0.25) is 0 Å². The van der Waals surface area contributed by atoms with Gasteiger partial charge in [-0.25, -0.2) is 0 Å². The van der Waals surface area contributed by atoms with Gasteiger partial charge in [0, 0.05) is 17.8 Å². The Labute approximate surface area is 174 Å². The normalized spacial score (nSPS) is 46.0. The predicted molar refractivity (Wildman–Crippen MR) is 108 cm³/mol. The molecule has 0 aromatic rings. The van der Waals surface area contributed by atoms with Crippen molar-refractivity contribution in [1.82, 2.24) is 0 Å². The van der Waals surface area contributed by atoms with Crippen LogP contribution in [0.5, 0.6) is 0 Å². The second kappa shape index (κ2) is 7.09. The van der Waals surface area contributed by atoms with E-state index < -0.39 is 17.0 Å². The molecule has 3 saturated carbocycles. The topological polar surface area (TPSA) is 80.7 Å². The summed E-state index contributed by atoms with van der Waals surface area (Å²) < 4.78 is 6.12. The number of Topliss-reactive ketones (excluding diaryl/α,β-unsaturated/α-hetero) is 1. The van der Waals surface area contributed by atoms with Crippen molar-refractivity contribution < 1.29 is 24.2 Å². The lowest BCUT2D eigenvalue weighted by Gasteiger charge is -2.61. The van der Waals surface area contributed by atoms with E-state index in [2.05, 4.69) is 20.8 Å². The number of ketones is 1. The number of unbranched alkanes of at least 4 members (excludes halogenated alkanes) is 2. The number of hydrogen-bond acceptors (Lipinski definition) is 4. The maximum absolute atomic E-state index is 12.7. The predicted octanol–water partition coefficient (Wildman–Crippen LogP) is 4.76. The number of carbonyl (C=O) groups is 3. The SMILES string of the molecule is CCCCC[C@@]12C[C@@H]3[C@H](CC[C@]4(C)C(=O)CC[C@@H]34)[C@@](C)(CC(=O)O)[C@@H]1CC(=O)O2. The lowest BCUT2D eigenvalue weighted by atomic mass is 9.43. The average molecular weight is 405 g/mol. The number of hydrogen-bond donors (Lipinski definition) is 1. The molecule has 0 radical (unpaired) electrons. The molecule has 1 saturated heterocycles. The Morgan fingerprint density at radius 3 is 2.62 bits per heavy atom. The monoisotopic (exact) mass is 404 g/mol. The van der Waals surface area contributed by atoms with Crippen molar-refractivity contribution in [2.24, 2.45) is 34.5 Å². The van der Waals surface area contributed by atoms with Gasteiger partial charge in [0.05, 0.1) is 12.8 Å². The summed E-state index contributed by atoms with van der Waals surface area (Å²) in [6.07, 6.45) is 8.57. The molecule has 1 aliphatic heterocycles. The molecule has 1 heterocycles. The number of aliphatic carboxylic acids is 1. The fraction of sp³-hybridized carbons (Fsp3) is 0.875. The number of carbonyl (C=O) groups excluding carboxylic acids is 2. The fourth-order valence-corrected chi connectivity index (χ4v) is 8.11. The lowest BCUT2D eigenvalue weighted by molar-refractivity contribution is -0.189. The third kappa shape index (κ3) is 3.06. The Kier molecular flexibility index (Phi) is 5.10. The molecule has 4 fully saturated rings. The zero-order valence-corrected chi connectivity index (χ0v) is 18.2. The highest BCUT2D eigenvalue weighted by molar-refractivity contribution is 5.87. The largest absolute Gasteiger partial charge is 0.481 e. The van der Waals surface area contributed by atoms with Crippen molar-refractivity contribution in [3.8, 4) is 0 Å². The summed E-state index contributed by atoms with van der Waals surface area (Å²) in [5.74, 6) is 0.224. The first-order valence-corrected chi connectivity index (χ1v) is 11.6. The minimum atomic E-state index is -0.786. The van der Waals surface area contributed by atoms with E-state index in [0.717, 1.165) is 51.4 Å². The molecule has 29 heavy (non-hydrogen) atoms. The van der Waals surface area contributed by atoms with Gasteiger partial charge in [-0.15, -0.1) is 0 Å². The standard InChI is InChI=1S/C24H36O5/c1-4-5-6-10-24-13-15-16-7-8-19(25)22(16,2)11-9-17(15)23(3,14-20(26)27)18(24)12-21(28)29-24/h15-18H,4-14H2,1-3H3,(H,26,27)/t15-,16-,17-,18-,22-,23+,24+/m0/s1. The maximum atomic E-state index is 12.7. The van der Waals surface area contributed by atoms with Gasteiger partial charge in [-0.2, -0.15) is 0 Å². The van der Waals surface area contributed by atoms with Crippen LogP contribution in [-0.2, 0) is 19.1 Å². The molecule has 5 heteroatoms. The molecule has 4 aliphatic rings. The molecule has 0 aromatic carbocycles. The zero-order chi connectivity index (χ0) is 21.0. The zero-order valence-electron chi connectivity index (χ0n) is 18.2. The Bertz CT molecular complexity index is 716. The number of esters is 1. The van der Waals surface area contributed by atoms with E-state index in [1.165, 1.54) is 0 Å². The number of fused-ring (bicyclic) bond motifs is 4. The van der Waals surface area contributed by atoms with Gasteiger partial charge in [-0.05, 0) is 61.7 Å². The molecule has 0 spiro atoms. The van der Waals surface area contributed by atoms with Crippen LogP contribution >= 0.6 is 0 Å². The van der Waals surface area contributed by atoms with E-state index in [1.54, 1.807) is 0 Å². The highest BCUT2D eigenvalue weighted by atomic mass is 16.6. The van der Waals surface area contributed by atoms with Crippen LogP contribution in [-0.4, -0.2) is 28.4 Å². The van der Waals surface area contributed by atoms with Crippen LogP contribution in [0.3, 0.4) is 0 Å². The third-order valence-corrected chi connectivity index (χ3v) is 9.43. The number of carboxylic acid groups (broad SMARTS) is 1. The van der Waals surface area contributed by atoms with E-state index >= 15 is 0 Å². The van der Waals surface area contributed by atoms with Crippen molar-refractivity contribution in [2.75, 3.05) is 0 Å². The Morgan fingerprint density at radius 2 is 1.93 bits per heavy atom. The quantitative estimate of drug-likeness (QED) is 0.510. The first-order valence-electron chi connectivity index (χ1n) is 11.6. The van der Waals surface area contributed by atoms with Gasteiger partial charge in [0.15, 0.2) is 0 Å². The molecular weight excluding hydrogens is 368 g/mol. The molecule has 5 nitrogen and oxygen atoms in total. The highest BCUT2D eigenvalue weighted by Gasteiger charge is 2.68. The molecule has 7 atom stereocenters. The second-order valence-electron chi connectivity index (χ2n) is 10.8. The summed E-state index contributed by atoms with van der Waals surface area (Å²) in [5, 5.41) is 9.81. The minimum Gasteiger partial charge on any atom is -0.481 e. The Morgan fingerprint density at radius 1 is 1.17 bits per heavy atom. The van der Waals surface area contributed by atoms with E-state index in [-0.39, 0.29) is 35.6 Å². The summed E-state index contributed by atoms with van der Waals surface area (Å²) in [7, 11) is 0. The Balaban J connectivity index is 1.76. The number of ether oxygens (including phenoxy) is 1. The average Bonchev–Trinajstić information content (AvgIpc) is 3.12. The van der Waals surface area contributed by atoms with E-state index in [1.807, 2.05) is 0 Å². The van der Waals surface area contributed by atoms with Crippen LogP contribution in [0, 0.1) is 34.5 Å².